The van der Waals surface area contributed by atoms with Crippen molar-refractivity contribution in [2.75, 3.05) is 22.9 Å². The summed E-state index contributed by atoms with van der Waals surface area (Å²) in [5.41, 5.74) is 25.3. The standard InChI is InChI=1S/C14H16N10/c15-11-9(12(16)22-21-11)5-19-7-1-2-8(4-3-7)20-6-10-13(17)23-24-14(10)18/h1-6H,(H5,15,16,21,22)(H5,17,18,23,24). The van der Waals surface area contributed by atoms with Crippen molar-refractivity contribution < 1.29 is 0 Å². The molecule has 3 aromatic rings. The Balaban J connectivity index is 1.74. The first-order valence-electron chi connectivity index (χ1n) is 6.91. The lowest BCUT2D eigenvalue weighted by atomic mass is 10.2. The van der Waals surface area contributed by atoms with E-state index in [4.69, 9.17) is 22.9 Å². The largest absolute Gasteiger partial charge is 0.383 e. The Morgan fingerprint density at radius 2 is 1.08 bits per heavy atom. The number of aromatic nitrogens is 4. The number of anilines is 4. The molecule has 1 aromatic carbocycles. The number of hydrogen-bond donors (Lipinski definition) is 6. The molecule has 0 fully saturated rings. The molecule has 0 aliphatic heterocycles. The first kappa shape index (κ1) is 15.1. The molecule has 2 aromatic heterocycles. The van der Waals surface area contributed by atoms with Crippen LogP contribution < -0.4 is 22.9 Å². The van der Waals surface area contributed by atoms with Crippen LogP contribution in [-0.4, -0.2) is 32.8 Å². The Morgan fingerprint density at radius 1 is 0.708 bits per heavy atom. The first-order valence-corrected chi connectivity index (χ1v) is 6.91. The number of nitrogen functional groups attached to an aromatic ring is 4. The summed E-state index contributed by atoms with van der Waals surface area (Å²) in [4.78, 5) is 8.60. The number of H-pyrrole nitrogens is 2. The summed E-state index contributed by atoms with van der Waals surface area (Å²) in [6, 6.07) is 7.21. The van der Waals surface area contributed by atoms with E-state index in [1.807, 2.05) is 0 Å². The molecule has 0 unspecified atom stereocenters. The normalized spacial score (nSPS) is 11.7. The quantitative estimate of drug-likeness (QED) is 0.388. The molecule has 0 bridgehead atoms. The predicted molar refractivity (Wildman–Crippen MR) is 95.8 cm³/mol. The van der Waals surface area contributed by atoms with E-state index in [0.29, 0.717) is 34.4 Å². The van der Waals surface area contributed by atoms with Crippen LogP contribution in [0.25, 0.3) is 0 Å². The highest BCUT2D eigenvalue weighted by atomic mass is 15.2. The summed E-state index contributed by atoms with van der Waals surface area (Å²) in [6.45, 7) is 0. The van der Waals surface area contributed by atoms with Gasteiger partial charge < -0.3 is 22.9 Å². The van der Waals surface area contributed by atoms with Crippen LogP contribution in [0.3, 0.4) is 0 Å². The zero-order valence-corrected chi connectivity index (χ0v) is 12.6. The Labute approximate surface area is 136 Å². The lowest BCUT2D eigenvalue weighted by Gasteiger charge is -1.97. The predicted octanol–water partition coefficient (Wildman–Crippen LogP) is 0.963. The van der Waals surface area contributed by atoms with Gasteiger partial charge in [-0.1, -0.05) is 0 Å². The third-order valence-electron chi connectivity index (χ3n) is 3.26. The number of rotatable bonds is 4. The Morgan fingerprint density at radius 3 is 1.38 bits per heavy atom. The number of aromatic amines is 2. The second-order valence-electron chi connectivity index (χ2n) is 4.91. The van der Waals surface area contributed by atoms with Gasteiger partial charge in [-0.2, -0.15) is 10.2 Å². The zero-order valence-electron chi connectivity index (χ0n) is 12.6. The minimum atomic E-state index is 0.299. The molecule has 0 spiro atoms. The van der Waals surface area contributed by atoms with E-state index in [1.54, 1.807) is 36.7 Å². The van der Waals surface area contributed by atoms with Gasteiger partial charge in [0.1, 0.15) is 11.6 Å². The van der Waals surface area contributed by atoms with Crippen LogP contribution in [0.2, 0.25) is 0 Å². The minimum Gasteiger partial charge on any atom is -0.383 e. The number of hydrogen-bond acceptors (Lipinski definition) is 8. The monoisotopic (exact) mass is 324 g/mol. The summed E-state index contributed by atoms with van der Waals surface area (Å²) in [5.74, 6) is 1.33. The average molecular weight is 324 g/mol. The van der Waals surface area contributed by atoms with E-state index in [9.17, 15) is 0 Å². The number of nitrogens with one attached hydrogen (secondary N) is 2. The second kappa shape index (κ2) is 6.12. The van der Waals surface area contributed by atoms with Crippen LogP contribution in [-0.2, 0) is 0 Å². The minimum absolute atomic E-state index is 0.299. The third kappa shape index (κ3) is 3.02. The van der Waals surface area contributed by atoms with Crippen molar-refractivity contribution in [2.45, 2.75) is 0 Å². The summed E-state index contributed by atoms with van der Waals surface area (Å²) in [5, 5.41) is 12.8. The van der Waals surface area contributed by atoms with Crippen LogP contribution in [0.15, 0.2) is 34.3 Å². The fourth-order valence-electron chi connectivity index (χ4n) is 1.93. The van der Waals surface area contributed by atoms with Gasteiger partial charge in [0, 0.05) is 12.4 Å². The molecule has 0 atom stereocenters. The van der Waals surface area contributed by atoms with Crippen molar-refractivity contribution in [3.63, 3.8) is 0 Å². The molecule has 0 aliphatic carbocycles. The average Bonchev–Trinajstić information content (AvgIpc) is 3.07. The molecular weight excluding hydrogens is 308 g/mol. The highest BCUT2D eigenvalue weighted by molar-refractivity contribution is 5.93. The van der Waals surface area contributed by atoms with Crippen molar-refractivity contribution in [2.24, 2.45) is 9.98 Å². The van der Waals surface area contributed by atoms with Gasteiger partial charge in [0.25, 0.3) is 0 Å². The van der Waals surface area contributed by atoms with Crippen molar-refractivity contribution >= 4 is 47.1 Å². The van der Waals surface area contributed by atoms with Crippen molar-refractivity contribution in [1.29, 1.82) is 0 Å². The van der Waals surface area contributed by atoms with Gasteiger partial charge in [-0.15, -0.1) is 0 Å². The SMILES string of the molecule is Nc1n[nH]c(N)c1C=Nc1ccc(N=Cc2c(N)n[nH]c2N)cc1. The lowest BCUT2D eigenvalue weighted by molar-refractivity contribution is 1.11. The molecule has 0 amide bonds. The lowest BCUT2D eigenvalue weighted by Crippen LogP contribution is -1.94. The molecule has 24 heavy (non-hydrogen) atoms. The molecule has 122 valence electrons. The van der Waals surface area contributed by atoms with E-state index in [1.165, 1.54) is 0 Å². The van der Waals surface area contributed by atoms with Crippen molar-refractivity contribution in [1.82, 2.24) is 20.4 Å². The van der Waals surface area contributed by atoms with Crippen molar-refractivity contribution in [3.8, 4) is 0 Å². The molecule has 10 nitrogen and oxygen atoms in total. The summed E-state index contributed by atoms with van der Waals surface area (Å²) < 4.78 is 0. The Bertz CT molecular complexity index is 786. The van der Waals surface area contributed by atoms with Gasteiger partial charge in [0.05, 0.1) is 22.5 Å². The summed E-state index contributed by atoms with van der Waals surface area (Å²) >= 11 is 0. The summed E-state index contributed by atoms with van der Waals surface area (Å²) in [6.07, 6.45) is 3.11. The van der Waals surface area contributed by atoms with Crippen LogP contribution >= 0.6 is 0 Å². The highest BCUT2D eigenvalue weighted by Crippen LogP contribution is 2.21. The molecule has 2 heterocycles. The van der Waals surface area contributed by atoms with Gasteiger partial charge in [-0.05, 0) is 24.3 Å². The zero-order chi connectivity index (χ0) is 17.1. The maximum Gasteiger partial charge on any atom is 0.156 e. The molecule has 0 radical (unpaired) electrons. The molecule has 3 rings (SSSR count). The number of aliphatic imine (C=N–C) groups is 2. The second-order valence-corrected chi connectivity index (χ2v) is 4.91. The fourth-order valence-corrected chi connectivity index (χ4v) is 1.93. The molecule has 10 N–H and O–H groups in total. The number of benzene rings is 1. The van der Waals surface area contributed by atoms with E-state index < -0.39 is 0 Å². The molecule has 10 heteroatoms. The van der Waals surface area contributed by atoms with Crippen LogP contribution in [0, 0.1) is 0 Å². The molecule has 0 saturated carbocycles. The van der Waals surface area contributed by atoms with Gasteiger partial charge in [0.2, 0.25) is 0 Å². The molecular formula is C14H16N10. The van der Waals surface area contributed by atoms with Crippen LogP contribution in [0.1, 0.15) is 11.1 Å². The van der Waals surface area contributed by atoms with E-state index in [0.717, 1.165) is 11.4 Å². The van der Waals surface area contributed by atoms with E-state index in [-0.39, 0.29) is 0 Å². The van der Waals surface area contributed by atoms with Gasteiger partial charge in [-0.25, -0.2) is 0 Å². The maximum absolute atomic E-state index is 5.70. The topological polar surface area (TPSA) is 186 Å². The van der Waals surface area contributed by atoms with Gasteiger partial charge in [-0.3, -0.25) is 20.2 Å². The van der Waals surface area contributed by atoms with E-state index >= 15 is 0 Å². The summed E-state index contributed by atoms with van der Waals surface area (Å²) in [7, 11) is 0. The van der Waals surface area contributed by atoms with Gasteiger partial charge >= 0.3 is 0 Å². The Hall–Kier alpha value is -3.82. The van der Waals surface area contributed by atoms with Crippen LogP contribution in [0.5, 0.6) is 0 Å². The fraction of sp³-hybridized carbons (Fsp3) is 0. The maximum atomic E-state index is 5.70. The Kier molecular flexibility index (Phi) is 3.85. The third-order valence-corrected chi connectivity index (χ3v) is 3.26. The number of nitrogens with two attached hydrogens (primary N) is 4. The van der Waals surface area contributed by atoms with Crippen molar-refractivity contribution in [3.05, 3.63) is 35.4 Å². The highest BCUT2D eigenvalue weighted by Gasteiger charge is 2.05. The van der Waals surface area contributed by atoms with Gasteiger partial charge in [0.15, 0.2) is 11.6 Å². The first-order chi connectivity index (χ1) is 11.5. The molecule has 0 saturated heterocycles. The van der Waals surface area contributed by atoms with E-state index in [2.05, 4.69) is 30.4 Å². The molecule has 0 aliphatic rings. The number of nitrogens with zero attached hydrogens (tertiary/aromatic N) is 4. The smallest absolute Gasteiger partial charge is 0.156 e. The van der Waals surface area contributed by atoms with Crippen LogP contribution in [0.4, 0.5) is 34.6 Å².